The van der Waals surface area contributed by atoms with E-state index in [0.717, 1.165) is 22.9 Å². The van der Waals surface area contributed by atoms with Crippen molar-refractivity contribution in [1.29, 1.82) is 0 Å². The van der Waals surface area contributed by atoms with E-state index in [1.807, 2.05) is 47.4 Å². The SMILES string of the molecule is C[C@@H]([C@H](OCc1ccccc1)Sc1c(Cl)c(C(F)(F)F)cc2c(=O)[nH]c(=O)[nH]c12)N1Cc2ccccc2C1=O. The minimum absolute atomic E-state index is 0.0867. The topological polar surface area (TPSA) is 95.3 Å². The van der Waals surface area contributed by atoms with Crippen LogP contribution in [0.15, 0.2) is 75.1 Å². The van der Waals surface area contributed by atoms with E-state index in [4.69, 9.17) is 16.3 Å². The number of rotatable bonds is 7. The number of fused-ring (bicyclic) bond motifs is 2. The Kier molecular flexibility index (Phi) is 7.32. The first-order valence-corrected chi connectivity index (χ1v) is 13.1. The summed E-state index contributed by atoms with van der Waals surface area (Å²) in [6.07, 6.45) is -4.87. The molecule has 5 rings (SSSR count). The van der Waals surface area contributed by atoms with Crippen LogP contribution >= 0.6 is 23.4 Å². The number of H-pyrrole nitrogens is 2. The van der Waals surface area contributed by atoms with E-state index < -0.39 is 39.5 Å². The van der Waals surface area contributed by atoms with Gasteiger partial charge in [-0.2, -0.15) is 13.2 Å². The van der Waals surface area contributed by atoms with Gasteiger partial charge in [0.1, 0.15) is 5.44 Å². The minimum Gasteiger partial charge on any atom is -0.360 e. The maximum atomic E-state index is 13.9. The highest BCUT2D eigenvalue weighted by molar-refractivity contribution is 8.00. The molecule has 2 atom stereocenters. The molecule has 0 aliphatic carbocycles. The van der Waals surface area contributed by atoms with E-state index in [1.165, 1.54) is 0 Å². The molecule has 1 aliphatic rings. The monoisotopic (exact) mass is 575 g/mol. The highest BCUT2D eigenvalue weighted by Gasteiger charge is 2.39. The van der Waals surface area contributed by atoms with Gasteiger partial charge in [-0.3, -0.25) is 14.6 Å². The zero-order chi connectivity index (χ0) is 27.9. The Morgan fingerprint density at radius 1 is 1.05 bits per heavy atom. The number of hydrogen-bond acceptors (Lipinski definition) is 5. The van der Waals surface area contributed by atoms with Gasteiger partial charge in [0.15, 0.2) is 0 Å². The fourth-order valence-corrected chi connectivity index (χ4v) is 6.06. The molecule has 1 aliphatic heterocycles. The van der Waals surface area contributed by atoms with E-state index in [-0.39, 0.29) is 34.9 Å². The molecule has 0 saturated heterocycles. The summed E-state index contributed by atoms with van der Waals surface area (Å²) >= 11 is 7.11. The Morgan fingerprint density at radius 3 is 2.44 bits per heavy atom. The lowest BCUT2D eigenvalue weighted by molar-refractivity contribution is -0.137. The molecule has 12 heteroatoms. The predicted octanol–water partition coefficient (Wildman–Crippen LogP) is 5.57. The normalized spacial score (nSPS) is 15.0. The molecule has 0 saturated carbocycles. The third kappa shape index (κ3) is 5.34. The zero-order valence-electron chi connectivity index (χ0n) is 20.3. The van der Waals surface area contributed by atoms with Crippen molar-refractivity contribution in [2.45, 2.75) is 42.6 Å². The molecule has 0 bridgehead atoms. The van der Waals surface area contributed by atoms with Gasteiger partial charge in [0.05, 0.1) is 39.0 Å². The highest BCUT2D eigenvalue weighted by atomic mass is 35.5. The molecule has 3 aromatic carbocycles. The molecule has 0 unspecified atom stereocenters. The smallest absolute Gasteiger partial charge is 0.360 e. The van der Waals surface area contributed by atoms with Crippen molar-refractivity contribution in [3.05, 3.63) is 109 Å². The van der Waals surface area contributed by atoms with Gasteiger partial charge in [-0.25, -0.2) is 4.79 Å². The van der Waals surface area contributed by atoms with Crippen molar-refractivity contribution in [2.24, 2.45) is 0 Å². The van der Waals surface area contributed by atoms with Crippen molar-refractivity contribution < 1.29 is 22.7 Å². The highest BCUT2D eigenvalue weighted by Crippen LogP contribution is 2.45. The number of halogens is 4. The van der Waals surface area contributed by atoms with Crippen LogP contribution in [0.5, 0.6) is 0 Å². The van der Waals surface area contributed by atoms with Gasteiger partial charge in [0.25, 0.3) is 11.5 Å². The number of hydrogen-bond donors (Lipinski definition) is 2. The molecule has 2 N–H and O–H groups in total. The second kappa shape index (κ2) is 10.6. The summed E-state index contributed by atoms with van der Waals surface area (Å²) < 4.78 is 48.0. The Morgan fingerprint density at radius 2 is 1.74 bits per heavy atom. The van der Waals surface area contributed by atoms with Gasteiger partial charge in [0, 0.05) is 12.1 Å². The Bertz CT molecular complexity index is 1670. The van der Waals surface area contributed by atoms with E-state index >= 15 is 0 Å². The van der Waals surface area contributed by atoms with Gasteiger partial charge < -0.3 is 14.6 Å². The third-order valence-corrected chi connectivity index (χ3v) is 8.37. The quantitative estimate of drug-likeness (QED) is 0.222. The first-order chi connectivity index (χ1) is 18.5. The first-order valence-electron chi connectivity index (χ1n) is 11.8. The molecule has 1 amide bonds. The van der Waals surface area contributed by atoms with Gasteiger partial charge in [0.2, 0.25) is 0 Å². The molecule has 7 nitrogen and oxygen atoms in total. The average Bonchev–Trinajstić information content (AvgIpc) is 3.23. The average molecular weight is 576 g/mol. The predicted molar refractivity (Wildman–Crippen MR) is 142 cm³/mol. The van der Waals surface area contributed by atoms with Crippen molar-refractivity contribution in [3.8, 4) is 0 Å². The molecule has 39 heavy (non-hydrogen) atoms. The van der Waals surface area contributed by atoms with Crippen LogP contribution in [0.3, 0.4) is 0 Å². The molecule has 202 valence electrons. The maximum absolute atomic E-state index is 13.9. The van der Waals surface area contributed by atoms with Crippen molar-refractivity contribution in [2.75, 3.05) is 0 Å². The zero-order valence-corrected chi connectivity index (χ0v) is 21.9. The standard InChI is InChI=1S/C27H21ClF3N3O4S/c1-14(34-12-16-9-5-6-10-17(16)24(34)36)25(38-13-15-7-3-2-4-8-15)39-22-20(28)19(27(29,30)31)11-18-21(22)32-26(37)33-23(18)35/h2-11,14,25H,12-13H2,1H3,(H2,32,33,35,37)/t14-,25+/m0/s1. The fourth-order valence-electron chi connectivity index (χ4n) is 4.46. The molecule has 0 fully saturated rings. The third-order valence-electron chi connectivity index (χ3n) is 6.46. The molecular weight excluding hydrogens is 555 g/mol. The fraction of sp³-hybridized carbons (Fsp3) is 0.222. The van der Waals surface area contributed by atoms with E-state index in [0.29, 0.717) is 11.6 Å². The number of ether oxygens (including phenoxy) is 1. The lowest BCUT2D eigenvalue weighted by Crippen LogP contribution is -2.41. The van der Waals surface area contributed by atoms with Crippen molar-refractivity contribution in [3.63, 3.8) is 0 Å². The Balaban J connectivity index is 1.59. The largest absolute Gasteiger partial charge is 0.417 e. The lowest BCUT2D eigenvalue weighted by atomic mass is 10.1. The first kappa shape index (κ1) is 27.0. The van der Waals surface area contributed by atoms with Gasteiger partial charge >= 0.3 is 11.9 Å². The summed E-state index contributed by atoms with van der Waals surface area (Å²) in [7, 11) is 0. The number of nitrogens with one attached hydrogen (secondary N) is 2. The number of nitrogens with zero attached hydrogens (tertiary/aromatic N) is 1. The maximum Gasteiger partial charge on any atom is 0.417 e. The van der Waals surface area contributed by atoms with Crippen molar-refractivity contribution >= 4 is 40.2 Å². The van der Waals surface area contributed by atoms with Crippen LogP contribution in [-0.4, -0.2) is 32.3 Å². The molecule has 0 spiro atoms. The molecule has 0 radical (unpaired) electrons. The summed E-state index contributed by atoms with van der Waals surface area (Å²) in [5.74, 6) is -0.239. The van der Waals surface area contributed by atoms with Gasteiger partial charge in [-0.05, 0) is 30.2 Å². The summed E-state index contributed by atoms with van der Waals surface area (Å²) in [6, 6.07) is 16.2. The van der Waals surface area contributed by atoms with Gasteiger partial charge in [-0.1, -0.05) is 71.9 Å². The number of thioether (sulfide) groups is 1. The molecule has 2 heterocycles. The van der Waals surface area contributed by atoms with Crippen LogP contribution < -0.4 is 11.2 Å². The van der Waals surface area contributed by atoms with Gasteiger partial charge in [-0.15, -0.1) is 0 Å². The number of carbonyl (C=O) groups is 1. The Labute approximate surface area is 228 Å². The van der Waals surface area contributed by atoms with E-state index in [1.54, 1.807) is 24.0 Å². The molecular formula is C27H21ClF3N3O4S. The van der Waals surface area contributed by atoms with E-state index in [2.05, 4.69) is 4.98 Å². The number of benzene rings is 3. The van der Waals surface area contributed by atoms with Crippen LogP contribution in [-0.2, 0) is 24.1 Å². The number of carbonyl (C=O) groups excluding carboxylic acids is 1. The van der Waals surface area contributed by atoms with Crippen LogP contribution in [0.25, 0.3) is 10.9 Å². The van der Waals surface area contributed by atoms with Crippen molar-refractivity contribution in [1.82, 2.24) is 14.9 Å². The summed E-state index contributed by atoms with van der Waals surface area (Å²) in [6.45, 7) is 2.10. The second-order valence-electron chi connectivity index (χ2n) is 9.01. The van der Waals surface area contributed by atoms with Crippen LogP contribution in [0.1, 0.15) is 34.0 Å². The Hall–Kier alpha value is -3.54. The van der Waals surface area contributed by atoms with Crippen LogP contribution in [0.2, 0.25) is 5.02 Å². The molecule has 1 aromatic heterocycles. The number of amides is 1. The number of aromatic nitrogens is 2. The van der Waals surface area contributed by atoms with E-state index in [9.17, 15) is 27.6 Å². The lowest BCUT2D eigenvalue weighted by Gasteiger charge is -2.32. The van der Waals surface area contributed by atoms with Crippen LogP contribution in [0, 0.1) is 0 Å². The number of alkyl halides is 3. The number of aromatic amines is 2. The summed E-state index contributed by atoms with van der Waals surface area (Å²) in [5.41, 5.74) is -2.04. The summed E-state index contributed by atoms with van der Waals surface area (Å²) in [4.78, 5) is 43.5. The van der Waals surface area contributed by atoms with Crippen LogP contribution in [0.4, 0.5) is 13.2 Å². The summed E-state index contributed by atoms with van der Waals surface area (Å²) in [5, 5.41) is -1.06. The molecule has 4 aromatic rings. The minimum atomic E-state index is -4.87. The second-order valence-corrected chi connectivity index (χ2v) is 10.5.